The largest absolute Gasteiger partial charge is 0.332 e. The maximum absolute atomic E-state index is 11.8. The van der Waals surface area contributed by atoms with Gasteiger partial charge in [0.05, 0.1) is 13.1 Å². The Balaban J connectivity index is 2.39. The molecule has 1 heterocycles. The minimum absolute atomic E-state index is 0.0638. The number of amides is 2. The Labute approximate surface area is 109 Å². The minimum atomic E-state index is 0.0638. The first kappa shape index (κ1) is 14.4. The Hall–Kier alpha value is -0.710. The zero-order chi connectivity index (χ0) is 12.8. The molecule has 0 bridgehead atoms. The van der Waals surface area contributed by atoms with E-state index in [-0.39, 0.29) is 24.9 Å². The third-order valence-corrected chi connectivity index (χ3v) is 3.51. The summed E-state index contributed by atoms with van der Waals surface area (Å²) >= 11 is 4.19. The molecule has 1 fully saturated rings. The number of hydrogen-bond donors (Lipinski definition) is 1. The van der Waals surface area contributed by atoms with Gasteiger partial charge in [-0.3, -0.25) is 9.59 Å². The molecule has 0 aliphatic carbocycles. The lowest BCUT2D eigenvalue weighted by atomic mass is 10.0. The van der Waals surface area contributed by atoms with Crippen molar-refractivity contribution in [3.63, 3.8) is 0 Å². The third kappa shape index (κ3) is 4.22. The summed E-state index contributed by atoms with van der Waals surface area (Å²) in [7, 11) is 0. The molecule has 0 saturated carbocycles. The molecule has 0 aromatic heterocycles. The van der Waals surface area contributed by atoms with E-state index in [0.717, 1.165) is 18.6 Å². The average Bonchev–Trinajstić information content (AvgIpc) is 2.30. The molecule has 98 valence electrons. The first-order chi connectivity index (χ1) is 8.08. The van der Waals surface area contributed by atoms with Crippen molar-refractivity contribution in [1.29, 1.82) is 0 Å². The smallest absolute Gasteiger partial charge is 0.242 e. The molecule has 0 N–H and O–H groups in total. The van der Waals surface area contributed by atoms with Crippen LogP contribution in [-0.2, 0) is 9.59 Å². The van der Waals surface area contributed by atoms with Crippen molar-refractivity contribution in [2.75, 3.05) is 31.9 Å². The van der Waals surface area contributed by atoms with Gasteiger partial charge in [0, 0.05) is 13.1 Å². The number of nitrogens with zero attached hydrogens (tertiary/aromatic N) is 2. The Morgan fingerprint density at radius 2 is 1.76 bits per heavy atom. The zero-order valence-electron chi connectivity index (χ0n) is 10.7. The number of likely N-dealkylation sites (N-methyl/N-ethyl adjacent to an activating group) is 1. The summed E-state index contributed by atoms with van der Waals surface area (Å²) in [5.41, 5.74) is 0. The first-order valence-electron chi connectivity index (χ1n) is 6.24. The Kier molecular flexibility index (Phi) is 5.82. The van der Waals surface area contributed by atoms with Crippen molar-refractivity contribution < 1.29 is 9.59 Å². The monoisotopic (exact) mass is 258 g/mol. The van der Waals surface area contributed by atoms with Crippen LogP contribution in [0.3, 0.4) is 0 Å². The molecule has 0 radical (unpaired) electrons. The molecule has 1 unspecified atom stereocenters. The molecule has 0 spiro atoms. The summed E-state index contributed by atoms with van der Waals surface area (Å²) in [5, 5.41) is 0. The van der Waals surface area contributed by atoms with Crippen molar-refractivity contribution >= 4 is 24.4 Å². The van der Waals surface area contributed by atoms with E-state index in [1.54, 1.807) is 9.80 Å². The van der Waals surface area contributed by atoms with E-state index < -0.39 is 0 Å². The van der Waals surface area contributed by atoms with Crippen molar-refractivity contribution in [2.45, 2.75) is 26.7 Å². The molecule has 1 atom stereocenters. The normalized spacial score (nSPS) is 18.8. The van der Waals surface area contributed by atoms with Crippen LogP contribution in [0.15, 0.2) is 0 Å². The summed E-state index contributed by atoms with van der Waals surface area (Å²) < 4.78 is 0. The number of thiol groups is 1. The molecule has 1 rings (SSSR count). The average molecular weight is 258 g/mol. The van der Waals surface area contributed by atoms with Crippen LogP contribution in [0, 0.1) is 5.92 Å². The highest BCUT2D eigenvalue weighted by molar-refractivity contribution is 7.80. The van der Waals surface area contributed by atoms with Gasteiger partial charge in [-0.05, 0) is 31.4 Å². The molecule has 0 aromatic rings. The van der Waals surface area contributed by atoms with Crippen LogP contribution in [0.5, 0.6) is 0 Å². The second kappa shape index (κ2) is 6.89. The summed E-state index contributed by atoms with van der Waals surface area (Å²) in [6.45, 7) is 5.86. The lowest BCUT2D eigenvalue weighted by molar-refractivity contribution is -0.150. The zero-order valence-corrected chi connectivity index (χ0v) is 11.6. The Morgan fingerprint density at radius 3 is 2.35 bits per heavy atom. The predicted molar refractivity (Wildman–Crippen MR) is 71.1 cm³/mol. The van der Waals surface area contributed by atoms with Crippen molar-refractivity contribution in [3.05, 3.63) is 0 Å². The standard InChI is InChI=1S/C12H22N2O2S/c1-3-13-8-12(16)14(9-11(13)15)6-4-10(2)5-7-17/h10,17H,3-9H2,1-2H3. The SMILES string of the molecule is CCN1CC(=O)N(CCC(C)CCS)CC1=O. The Morgan fingerprint density at radius 1 is 1.18 bits per heavy atom. The maximum atomic E-state index is 11.8. The summed E-state index contributed by atoms with van der Waals surface area (Å²) in [4.78, 5) is 26.8. The molecule has 1 saturated heterocycles. The van der Waals surface area contributed by atoms with E-state index in [1.165, 1.54) is 0 Å². The van der Waals surface area contributed by atoms with Gasteiger partial charge in [-0.25, -0.2) is 0 Å². The quantitative estimate of drug-likeness (QED) is 0.723. The van der Waals surface area contributed by atoms with E-state index in [0.29, 0.717) is 19.0 Å². The van der Waals surface area contributed by atoms with Crippen molar-refractivity contribution in [3.8, 4) is 0 Å². The van der Waals surface area contributed by atoms with Gasteiger partial charge in [0.25, 0.3) is 0 Å². The maximum Gasteiger partial charge on any atom is 0.242 e. The van der Waals surface area contributed by atoms with Gasteiger partial charge in [0.15, 0.2) is 0 Å². The van der Waals surface area contributed by atoms with E-state index >= 15 is 0 Å². The number of piperazine rings is 1. The van der Waals surface area contributed by atoms with Gasteiger partial charge in [0.2, 0.25) is 11.8 Å². The molecular weight excluding hydrogens is 236 g/mol. The van der Waals surface area contributed by atoms with Crippen molar-refractivity contribution in [2.24, 2.45) is 5.92 Å². The highest BCUT2D eigenvalue weighted by atomic mass is 32.1. The number of carbonyl (C=O) groups is 2. The van der Waals surface area contributed by atoms with Crippen LogP contribution >= 0.6 is 12.6 Å². The van der Waals surface area contributed by atoms with Gasteiger partial charge in [-0.1, -0.05) is 6.92 Å². The lowest BCUT2D eigenvalue weighted by Crippen LogP contribution is -2.53. The van der Waals surface area contributed by atoms with E-state index in [4.69, 9.17) is 0 Å². The second-order valence-corrected chi connectivity index (χ2v) is 5.08. The van der Waals surface area contributed by atoms with Gasteiger partial charge in [-0.2, -0.15) is 12.6 Å². The van der Waals surface area contributed by atoms with Crippen LogP contribution in [0.1, 0.15) is 26.7 Å². The van der Waals surface area contributed by atoms with Gasteiger partial charge >= 0.3 is 0 Å². The molecule has 1 aliphatic heterocycles. The van der Waals surface area contributed by atoms with Crippen LogP contribution in [-0.4, -0.2) is 53.5 Å². The summed E-state index contributed by atoms with van der Waals surface area (Å²) in [6, 6.07) is 0. The van der Waals surface area contributed by atoms with Crippen LogP contribution < -0.4 is 0 Å². The Bertz CT molecular complexity index is 284. The van der Waals surface area contributed by atoms with E-state index in [1.807, 2.05) is 6.92 Å². The highest BCUT2D eigenvalue weighted by Gasteiger charge is 2.28. The van der Waals surface area contributed by atoms with Crippen molar-refractivity contribution in [1.82, 2.24) is 9.80 Å². The molecule has 4 nitrogen and oxygen atoms in total. The molecule has 5 heteroatoms. The number of carbonyl (C=O) groups excluding carboxylic acids is 2. The van der Waals surface area contributed by atoms with E-state index in [9.17, 15) is 9.59 Å². The highest BCUT2D eigenvalue weighted by Crippen LogP contribution is 2.12. The van der Waals surface area contributed by atoms with Gasteiger partial charge < -0.3 is 9.80 Å². The minimum Gasteiger partial charge on any atom is -0.332 e. The van der Waals surface area contributed by atoms with Crippen LogP contribution in [0.4, 0.5) is 0 Å². The first-order valence-corrected chi connectivity index (χ1v) is 6.88. The fourth-order valence-corrected chi connectivity index (χ4v) is 2.38. The number of hydrogen-bond acceptors (Lipinski definition) is 3. The van der Waals surface area contributed by atoms with E-state index in [2.05, 4.69) is 19.6 Å². The molecule has 1 aliphatic rings. The summed E-state index contributed by atoms with van der Waals surface area (Å²) in [6.07, 6.45) is 2.01. The number of rotatable bonds is 6. The second-order valence-electron chi connectivity index (χ2n) is 4.63. The van der Waals surface area contributed by atoms with Crippen LogP contribution in [0.2, 0.25) is 0 Å². The molecule has 2 amide bonds. The fourth-order valence-electron chi connectivity index (χ4n) is 1.94. The summed E-state index contributed by atoms with van der Waals surface area (Å²) in [5.74, 6) is 1.57. The topological polar surface area (TPSA) is 40.6 Å². The van der Waals surface area contributed by atoms with Crippen LogP contribution in [0.25, 0.3) is 0 Å². The third-order valence-electron chi connectivity index (χ3n) is 3.25. The van der Waals surface area contributed by atoms with Gasteiger partial charge in [-0.15, -0.1) is 0 Å². The fraction of sp³-hybridized carbons (Fsp3) is 0.833. The van der Waals surface area contributed by atoms with Gasteiger partial charge in [0.1, 0.15) is 0 Å². The lowest BCUT2D eigenvalue weighted by Gasteiger charge is -2.33. The molecule has 17 heavy (non-hydrogen) atoms. The molecular formula is C12H22N2O2S. The molecule has 0 aromatic carbocycles. The predicted octanol–water partition coefficient (Wildman–Crippen LogP) is 1.02.